The fourth-order valence-electron chi connectivity index (χ4n) is 5.42. The van der Waals surface area contributed by atoms with Crippen LogP contribution in [0.2, 0.25) is 0 Å². The number of imide groups is 1. The lowest BCUT2D eigenvalue weighted by molar-refractivity contribution is -0.135. The summed E-state index contributed by atoms with van der Waals surface area (Å²) in [6.45, 7) is 3.50. The van der Waals surface area contributed by atoms with E-state index in [1.807, 2.05) is 12.1 Å². The topological polar surface area (TPSA) is 99.8 Å². The molecule has 0 spiro atoms. The van der Waals surface area contributed by atoms with Crippen molar-refractivity contribution in [2.24, 2.45) is 5.92 Å². The number of nitrogens with zero attached hydrogens (tertiary/aromatic N) is 5. The van der Waals surface area contributed by atoms with Crippen LogP contribution in [0.4, 0.5) is 5.69 Å². The fourth-order valence-corrected chi connectivity index (χ4v) is 5.42. The number of aromatic nitrogens is 2. The van der Waals surface area contributed by atoms with Gasteiger partial charge < -0.3 is 9.80 Å². The third kappa shape index (κ3) is 3.79. The Labute approximate surface area is 192 Å². The molecule has 174 valence electrons. The van der Waals surface area contributed by atoms with Crippen LogP contribution in [0.3, 0.4) is 0 Å². The quantitative estimate of drug-likeness (QED) is 0.645. The molecule has 9 heteroatoms. The summed E-state index contributed by atoms with van der Waals surface area (Å²) in [7, 11) is 1.77. The molecule has 1 aromatic carbocycles. The monoisotopic (exact) mass is 451 g/mol. The SMILES string of the molecule is Cc1nonc1CN(C)C(=O)C1CCN(c2cccc3c2C(=O)N(C2CCCC2)C3=O)CC1. The molecule has 0 radical (unpaired) electrons. The molecule has 9 nitrogen and oxygen atoms in total. The van der Waals surface area contributed by atoms with Crippen LogP contribution in [0.25, 0.3) is 0 Å². The van der Waals surface area contributed by atoms with E-state index in [0.717, 1.165) is 31.4 Å². The standard InChI is InChI=1S/C24H29N5O4/c1-15-19(26-33-25-15)14-27(2)22(30)16-10-12-28(13-11-16)20-9-5-8-18-21(20)24(32)29(23(18)31)17-6-3-4-7-17/h5,8-9,16-17H,3-4,6-7,10-14H2,1-2H3. The molecule has 2 aliphatic heterocycles. The number of piperidine rings is 1. The number of hydrogen-bond donors (Lipinski definition) is 0. The van der Waals surface area contributed by atoms with E-state index in [-0.39, 0.29) is 29.7 Å². The summed E-state index contributed by atoms with van der Waals surface area (Å²) in [5.74, 6) is -0.329. The van der Waals surface area contributed by atoms with E-state index >= 15 is 0 Å². The van der Waals surface area contributed by atoms with Gasteiger partial charge in [-0.15, -0.1) is 0 Å². The van der Waals surface area contributed by atoms with E-state index in [0.29, 0.717) is 55.0 Å². The Bertz CT molecular complexity index is 1080. The van der Waals surface area contributed by atoms with E-state index in [2.05, 4.69) is 15.2 Å². The first kappa shape index (κ1) is 21.6. The minimum absolute atomic E-state index is 0.0210. The van der Waals surface area contributed by atoms with Crippen molar-refractivity contribution in [1.29, 1.82) is 0 Å². The second-order valence-electron chi connectivity index (χ2n) is 9.37. The van der Waals surface area contributed by atoms with Crippen LogP contribution in [0, 0.1) is 12.8 Å². The molecule has 1 saturated heterocycles. The highest BCUT2D eigenvalue weighted by atomic mass is 16.6. The fraction of sp³-hybridized carbons (Fsp3) is 0.542. The Morgan fingerprint density at radius 1 is 1.09 bits per heavy atom. The smallest absolute Gasteiger partial charge is 0.263 e. The van der Waals surface area contributed by atoms with Gasteiger partial charge in [0.25, 0.3) is 11.8 Å². The summed E-state index contributed by atoms with van der Waals surface area (Å²) in [6.07, 6.45) is 5.30. The number of aryl methyl sites for hydroxylation is 1. The van der Waals surface area contributed by atoms with Crippen LogP contribution >= 0.6 is 0 Å². The van der Waals surface area contributed by atoms with Crippen LogP contribution in [0.1, 0.15) is 70.6 Å². The average molecular weight is 452 g/mol. The lowest BCUT2D eigenvalue weighted by Crippen LogP contribution is -2.42. The number of amides is 3. The van der Waals surface area contributed by atoms with Gasteiger partial charge in [-0.1, -0.05) is 29.2 Å². The van der Waals surface area contributed by atoms with Crippen molar-refractivity contribution in [2.45, 2.75) is 58.0 Å². The average Bonchev–Trinajstić information content (AvgIpc) is 3.55. The van der Waals surface area contributed by atoms with Gasteiger partial charge in [0.2, 0.25) is 5.91 Å². The van der Waals surface area contributed by atoms with Crippen LogP contribution in [0.15, 0.2) is 22.8 Å². The Balaban J connectivity index is 1.27. The van der Waals surface area contributed by atoms with Gasteiger partial charge in [0, 0.05) is 32.1 Å². The number of anilines is 1. The molecule has 1 saturated carbocycles. The van der Waals surface area contributed by atoms with Gasteiger partial charge in [0.05, 0.1) is 23.4 Å². The molecule has 33 heavy (non-hydrogen) atoms. The maximum Gasteiger partial charge on any atom is 0.263 e. The van der Waals surface area contributed by atoms with Crippen molar-refractivity contribution in [3.05, 3.63) is 40.7 Å². The zero-order valence-corrected chi connectivity index (χ0v) is 19.1. The van der Waals surface area contributed by atoms with Crippen LogP contribution in [0.5, 0.6) is 0 Å². The first-order valence-corrected chi connectivity index (χ1v) is 11.7. The highest BCUT2D eigenvalue weighted by Gasteiger charge is 2.43. The van der Waals surface area contributed by atoms with E-state index in [9.17, 15) is 14.4 Å². The summed E-state index contributed by atoms with van der Waals surface area (Å²) in [5.41, 5.74) is 3.21. The van der Waals surface area contributed by atoms with Gasteiger partial charge in [-0.3, -0.25) is 19.3 Å². The van der Waals surface area contributed by atoms with E-state index in [1.54, 1.807) is 24.9 Å². The Hall–Kier alpha value is -3.23. The molecule has 1 aliphatic carbocycles. The summed E-state index contributed by atoms with van der Waals surface area (Å²) in [5, 5.41) is 7.63. The molecular weight excluding hydrogens is 422 g/mol. The number of fused-ring (bicyclic) bond motifs is 1. The second-order valence-corrected chi connectivity index (χ2v) is 9.37. The lowest BCUT2D eigenvalue weighted by Gasteiger charge is -2.35. The van der Waals surface area contributed by atoms with Gasteiger partial charge in [0.15, 0.2) is 0 Å². The van der Waals surface area contributed by atoms with E-state index in [4.69, 9.17) is 4.63 Å². The number of carbonyl (C=O) groups is 3. The predicted molar refractivity (Wildman–Crippen MR) is 120 cm³/mol. The van der Waals surface area contributed by atoms with Crippen molar-refractivity contribution in [1.82, 2.24) is 20.1 Å². The molecular formula is C24H29N5O4. The Morgan fingerprint density at radius 3 is 2.48 bits per heavy atom. The number of carbonyl (C=O) groups excluding carboxylic acids is 3. The maximum absolute atomic E-state index is 13.3. The third-order valence-corrected chi connectivity index (χ3v) is 7.31. The van der Waals surface area contributed by atoms with Crippen molar-refractivity contribution in [3.63, 3.8) is 0 Å². The molecule has 0 bridgehead atoms. The molecule has 0 unspecified atom stereocenters. The lowest BCUT2D eigenvalue weighted by atomic mass is 9.94. The molecule has 1 aromatic heterocycles. The summed E-state index contributed by atoms with van der Waals surface area (Å²) in [6, 6.07) is 5.57. The highest BCUT2D eigenvalue weighted by Crippen LogP contribution is 2.37. The van der Waals surface area contributed by atoms with E-state index in [1.165, 1.54) is 4.90 Å². The Morgan fingerprint density at radius 2 is 1.82 bits per heavy atom. The second kappa shape index (κ2) is 8.61. The molecule has 5 rings (SSSR count). The summed E-state index contributed by atoms with van der Waals surface area (Å²) >= 11 is 0. The number of rotatable bonds is 5. The van der Waals surface area contributed by atoms with Crippen LogP contribution < -0.4 is 4.90 Å². The normalized spacial score (nSPS) is 19.5. The molecule has 2 aromatic rings. The number of hydrogen-bond acceptors (Lipinski definition) is 7. The molecule has 0 N–H and O–H groups in total. The predicted octanol–water partition coefficient (Wildman–Crippen LogP) is 2.79. The van der Waals surface area contributed by atoms with Crippen molar-refractivity contribution in [2.75, 3.05) is 25.0 Å². The molecule has 3 heterocycles. The molecule has 0 atom stereocenters. The van der Waals surface area contributed by atoms with Gasteiger partial charge in [-0.05, 0) is 44.7 Å². The minimum Gasteiger partial charge on any atom is -0.371 e. The maximum atomic E-state index is 13.3. The Kier molecular flexibility index (Phi) is 5.64. The van der Waals surface area contributed by atoms with Gasteiger partial charge in [0.1, 0.15) is 11.4 Å². The van der Waals surface area contributed by atoms with Crippen molar-refractivity contribution >= 4 is 23.4 Å². The molecule has 3 aliphatic rings. The number of benzene rings is 1. The summed E-state index contributed by atoms with van der Waals surface area (Å²) in [4.78, 5) is 44.6. The van der Waals surface area contributed by atoms with Gasteiger partial charge in [-0.25, -0.2) is 4.63 Å². The largest absolute Gasteiger partial charge is 0.371 e. The van der Waals surface area contributed by atoms with Crippen molar-refractivity contribution in [3.8, 4) is 0 Å². The first-order valence-electron chi connectivity index (χ1n) is 11.7. The summed E-state index contributed by atoms with van der Waals surface area (Å²) < 4.78 is 4.73. The van der Waals surface area contributed by atoms with Gasteiger partial charge in [-0.2, -0.15) is 0 Å². The van der Waals surface area contributed by atoms with Gasteiger partial charge >= 0.3 is 0 Å². The van der Waals surface area contributed by atoms with Crippen LogP contribution in [-0.4, -0.2) is 64.0 Å². The van der Waals surface area contributed by atoms with Crippen LogP contribution in [-0.2, 0) is 11.3 Å². The zero-order valence-electron chi connectivity index (χ0n) is 19.1. The zero-order chi connectivity index (χ0) is 23.1. The van der Waals surface area contributed by atoms with E-state index < -0.39 is 0 Å². The highest BCUT2D eigenvalue weighted by molar-refractivity contribution is 6.24. The minimum atomic E-state index is -0.160. The molecule has 2 fully saturated rings. The van der Waals surface area contributed by atoms with Crippen molar-refractivity contribution < 1.29 is 19.0 Å². The third-order valence-electron chi connectivity index (χ3n) is 7.31. The first-order chi connectivity index (χ1) is 16.0. The molecule has 3 amide bonds.